The summed E-state index contributed by atoms with van der Waals surface area (Å²) in [6.45, 7) is 13.6. The van der Waals surface area contributed by atoms with Crippen molar-refractivity contribution in [1.29, 1.82) is 0 Å². The minimum absolute atomic E-state index is 0.0415. The Bertz CT molecular complexity index is 453. The summed E-state index contributed by atoms with van der Waals surface area (Å²) in [5, 5.41) is 9.19. The van der Waals surface area contributed by atoms with Crippen molar-refractivity contribution in [2.24, 2.45) is 5.41 Å². The fourth-order valence-corrected chi connectivity index (χ4v) is 3.32. The number of hydrogen-bond acceptors (Lipinski definition) is 2. The number of aliphatic hydroxyl groups is 1. The van der Waals surface area contributed by atoms with E-state index in [9.17, 15) is 5.11 Å². The summed E-state index contributed by atoms with van der Waals surface area (Å²) < 4.78 is 5.65. The van der Waals surface area contributed by atoms with E-state index in [1.807, 2.05) is 0 Å². The number of methoxy groups -OCH3 is 1. The average molecular weight is 278 g/mol. The standard InChI is InChI=1S/C18H30O2/c1-13-10-14(8-9-19)11-15(16(13)20-7)18(5,6)12-17(2,3)4/h10-11,19H,8-9,12H2,1-7H3. The number of ether oxygens (including phenoxy) is 1. The molecule has 20 heavy (non-hydrogen) atoms. The Kier molecular flexibility index (Phi) is 5.26. The quantitative estimate of drug-likeness (QED) is 0.872. The van der Waals surface area contributed by atoms with Gasteiger partial charge in [0, 0.05) is 12.2 Å². The van der Waals surface area contributed by atoms with Gasteiger partial charge in [-0.1, -0.05) is 46.8 Å². The van der Waals surface area contributed by atoms with Gasteiger partial charge in [-0.15, -0.1) is 0 Å². The Morgan fingerprint density at radius 2 is 1.70 bits per heavy atom. The van der Waals surface area contributed by atoms with Gasteiger partial charge < -0.3 is 9.84 Å². The molecule has 1 rings (SSSR count). The maximum Gasteiger partial charge on any atom is 0.125 e. The number of aliphatic hydroxyl groups excluding tert-OH is 1. The zero-order valence-electron chi connectivity index (χ0n) is 14.1. The third-order valence-corrected chi connectivity index (χ3v) is 3.64. The minimum atomic E-state index is 0.0415. The fourth-order valence-electron chi connectivity index (χ4n) is 3.32. The first-order valence-corrected chi connectivity index (χ1v) is 7.39. The molecule has 0 unspecified atom stereocenters. The molecule has 0 amide bonds. The van der Waals surface area contributed by atoms with E-state index in [0.717, 1.165) is 17.7 Å². The lowest BCUT2D eigenvalue weighted by atomic mass is 9.71. The highest BCUT2D eigenvalue weighted by Gasteiger charge is 2.30. The lowest BCUT2D eigenvalue weighted by molar-refractivity contribution is 0.275. The Balaban J connectivity index is 3.32. The molecule has 2 heteroatoms. The molecule has 0 saturated carbocycles. The van der Waals surface area contributed by atoms with Crippen LogP contribution in [0.5, 0.6) is 5.75 Å². The van der Waals surface area contributed by atoms with Gasteiger partial charge in [-0.3, -0.25) is 0 Å². The minimum Gasteiger partial charge on any atom is -0.496 e. The van der Waals surface area contributed by atoms with Gasteiger partial charge in [-0.05, 0) is 41.7 Å². The van der Waals surface area contributed by atoms with Crippen molar-refractivity contribution in [3.05, 3.63) is 28.8 Å². The molecular formula is C18H30O2. The molecule has 0 heterocycles. The van der Waals surface area contributed by atoms with Crippen molar-refractivity contribution in [3.8, 4) is 5.75 Å². The van der Waals surface area contributed by atoms with Crippen molar-refractivity contribution in [2.45, 2.75) is 59.8 Å². The lowest BCUT2D eigenvalue weighted by Gasteiger charge is -2.34. The fraction of sp³-hybridized carbons (Fsp3) is 0.667. The molecule has 0 aliphatic rings. The summed E-state index contributed by atoms with van der Waals surface area (Å²) in [5.74, 6) is 0.987. The molecule has 0 radical (unpaired) electrons. The molecule has 2 nitrogen and oxygen atoms in total. The zero-order chi connectivity index (χ0) is 15.6. The van der Waals surface area contributed by atoms with Crippen molar-refractivity contribution >= 4 is 0 Å². The second-order valence-corrected chi connectivity index (χ2v) is 7.59. The van der Waals surface area contributed by atoms with Crippen LogP contribution in [0.2, 0.25) is 0 Å². The van der Waals surface area contributed by atoms with E-state index in [2.05, 4.69) is 53.7 Å². The molecule has 0 aliphatic carbocycles. The monoisotopic (exact) mass is 278 g/mol. The molecule has 114 valence electrons. The van der Waals surface area contributed by atoms with E-state index >= 15 is 0 Å². The van der Waals surface area contributed by atoms with Crippen LogP contribution >= 0.6 is 0 Å². The third-order valence-electron chi connectivity index (χ3n) is 3.64. The highest BCUT2D eigenvalue weighted by Crippen LogP contribution is 2.42. The van der Waals surface area contributed by atoms with Gasteiger partial charge in [-0.25, -0.2) is 0 Å². The Morgan fingerprint density at radius 3 is 2.15 bits per heavy atom. The van der Waals surface area contributed by atoms with E-state index in [1.165, 1.54) is 11.1 Å². The molecule has 1 N–H and O–H groups in total. The molecule has 0 atom stereocenters. The molecular weight excluding hydrogens is 248 g/mol. The molecule has 0 aliphatic heterocycles. The van der Waals surface area contributed by atoms with Crippen LogP contribution in [0.3, 0.4) is 0 Å². The number of benzene rings is 1. The normalized spacial score (nSPS) is 12.6. The maximum absolute atomic E-state index is 9.19. The molecule has 0 bridgehead atoms. The first-order valence-electron chi connectivity index (χ1n) is 7.39. The summed E-state index contributed by atoms with van der Waals surface area (Å²) in [4.78, 5) is 0. The van der Waals surface area contributed by atoms with E-state index < -0.39 is 0 Å². The Hall–Kier alpha value is -1.02. The smallest absolute Gasteiger partial charge is 0.125 e. The van der Waals surface area contributed by atoms with E-state index in [4.69, 9.17) is 4.74 Å². The van der Waals surface area contributed by atoms with Crippen LogP contribution in [-0.2, 0) is 11.8 Å². The largest absolute Gasteiger partial charge is 0.496 e. The highest BCUT2D eigenvalue weighted by atomic mass is 16.5. The van der Waals surface area contributed by atoms with E-state index in [1.54, 1.807) is 7.11 Å². The van der Waals surface area contributed by atoms with Gasteiger partial charge >= 0.3 is 0 Å². The van der Waals surface area contributed by atoms with Gasteiger partial charge in [0.1, 0.15) is 5.75 Å². The summed E-state index contributed by atoms with van der Waals surface area (Å²) in [6, 6.07) is 4.32. The number of hydrogen-bond donors (Lipinski definition) is 1. The Labute approximate surface area is 124 Å². The van der Waals surface area contributed by atoms with Crippen LogP contribution in [0.25, 0.3) is 0 Å². The first kappa shape index (κ1) is 17.0. The van der Waals surface area contributed by atoms with Crippen LogP contribution in [0, 0.1) is 12.3 Å². The van der Waals surface area contributed by atoms with Gasteiger partial charge in [0.25, 0.3) is 0 Å². The summed E-state index contributed by atoms with van der Waals surface area (Å²) in [6.07, 6.45) is 1.78. The molecule has 0 spiro atoms. The average Bonchev–Trinajstić information content (AvgIpc) is 2.25. The molecule has 0 aromatic heterocycles. The predicted octanol–water partition coefficient (Wildman–Crippen LogP) is 4.25. The topological polar surface area (TPSA) is 29.5 Å². The van der Waals surface area contributed by atoms with Crippen LogP contribution in [-0.4, -0.2) is 18.8 Å². The SMILES string of the molecule is COc1c(C)cc(CCO)cc1C(C)(C)CC(C)(C)C. The van der Waals surface area contributed by atoms with Crippen molar-refractivity contribution in [2.75, 3.05) is 13.7 Å². The summed E-state index contributed by atoms with van der Waals surface area (Å²) in [7, 11) is 1.74. The lowest BCUT2D eigenvalue weighted by Crippen LogP contribution is -2.26. The van der Waals surface area contributed by atoms with Crippen LogP contribution < -0.4 is 4.74 Å². The van der Waals surface area contributed by atoms with Gasteiger partial charge in [0.15, 0.2) is 0 Å². The second-order valence-electron chi connectivity index (χ2n) is 7.59. The zero-order valence-corrected chi connectivity index (χ0v) is 14.1. The predicted molar refractivity (Wildman–Crippen MR) is 85.6 cm³/mol. The van der Waals surface area contributed by atoms with Gasteiger partial charge in [0.2, 0.25) is 0 Å². The van der Waals surface area contributed by atoms with Crippen molar-refractivity contribution < 1.29 is 9.84 Å². The van der Waals surface area contributed by atoms with Crippen molar-refractivity contribution in [3.63, 3.8) is 0 Å². The van der Waals surface area contributed by atoms with E-state index in [0.29, 0.717) is 6.42 Å². The highest BCUT2D eigenvalue weighted by molar-refractivity contribution is 5.48. The molecule has 0 fully saturated rings. The van der Waals surface area contributed by atoms with Crippen LogP contribution in [0.4, 0.5) is 0 Å². The molecule has 1 aromatic carbocycles. The van der Waals surface area contributed by atoms with Crippen molar-refractivity contribution in [1.82, 2.24) is 0 Å². The molecule has 0 saturated heterocycles. The van der Waals surface area contributed by atoms with Gasteiger partial charge in [0.05, 0.1) is 7.11 Å². The van der Waals surface area contributed by atoms with Crippen LogP contribution in [0.1, 0.15) is 57.7 Å². The Morgan fingerprint density at radius 1 is 1.10 bits per heavy atom. The van der Waals surface area contributed by atoms with Gasteiger partial charge in [-0.2, -0.15) is 0 Å². The summed E-state index contributed by atoms with van der Waals surface area (Å²) in [5.41, 5.74) is 3.88. The van der Waals surface area contributed by atoms with E-state index in [-0.39, 0.29) is 17.4 Å². The molecule has 1 aromatic rings. The number of rotatable bonds is 5. The summed E-state index contributed by atoms with van der Waals surface area (Å²) >= 11 is 0. The third kappa shape index (κ3) is 4.24. The first-order chi connectivity index (χ1) is 9.10. The maximum atomic E-state index is 9.19. The van der Waals surface area contributed by atoms with Crippen LogP contribution in [0.15, 0.2) is 12.1 Å². The second kappa shape index (κ2) is 6.17. The number of aryl methyl sites for hydroxylation is 1.